The second kappa shape index (κ2) is 5.53. The van der Waals surface area contributed by atoms with E-state index in [0.29, 0.717) is 0 Å². The highest BCUT2D eigenvalue weighted by Gasteiger charge is 2.30. The van der Waals surface area contributed by atoms with Gasteiger partial charge in [0.05, 0.1) is 5.92 Å². The van der Waals surface area contributed by atoms with Gasteiger partial charge in [-0.15, -0.1) is 0 Å². The van der Waals surface area contributed by atoms with E-state index in [1.165, 1.54) is 5.56 Å². The third-order valence-corrected chi connectivity index (χ3v) is 3.63. The number of hydrogen-bond acceptors (Lipinski definition) is 2. The maximum absolute atomic E-state index is 11.3. The van der Waals surface area contributed by atoms with E-state index in [-0.39, 0.29) is 5.92 Å². The van der Waals surface area contributed by atoms with Crippen LogP contribution in [-0.2, 0) is 4.79 Å². The zero-order chi connectivity index (χ0) is 14.0. The molecule has 0 fully saturated rings. The fourth-order valence-corrected chi connectivity index (χ4v) is 2.39. The number of rotatable bonds is 4. The Kier molecular flexibility index (Phi) is 4.52. The molecule has 0 aliphatic carbocycles. The minimum absolute atomic E-state index is 0.0125. The van der Waals surface area contributed by atoms with Crippen LogP contribution in [0.1, 0.15) is 42.1 Å². The molecule has 2 unspecified atom stereocenters. The molecule has 1 rings (SSSR count). The molecule has 1 aromatic rings. The lowest BCUT2D eigenvalue weighted by molar-refractivity contribution is -0.144. The van der Waals surface area contributed by atoms with E-state index >= 15 is 0 Å². The van der Waals surface area contributed by atoms with Gasteiger partial charge < -0.3 is 10.8 Å². The van der Waals surface area contributed by atoms with Crippen LogP contribution in [-0.4, -0.2) is 11.1 Å². The van der Waals surface area contributed by atoms with Crippen molar-refractivity contribution in [1.29, 1.82) is 0 Å². The van der Waals surface area contributed by atoms with E-state index in [9.17, 15) is 9.90 Å². The van der Waals surface area contributed by atoms with Gasteiger partial charge in [-0.2, -0.15) is 0 Å². The fourth-order valence-electron chi connectivity index (χ4n) is 2.39. The topological polar surface area (TPSA) is 63.3 Å². The van der Waals surface area contributed by atoms with Crippen molar-refractivity contribution in [3.63, 3.8) is 0 Å². The minimum atomic E-state index is -0.824. The summed E-state index contributed by atoms with van der Waals surface area (Å²) in [5.41, 5.74) is 10.6. The molecular weight excluding hydrogens is 226 g/mol. The first-order valence-electron chi connectivity index (χ1n) is 6.31. The van der Waals surface area contributed by atoms with E-state index in [1.54, 1.807) is 0 Å². The molecule has 0 heterocycles. The maximum atomic E-state index is 11.3. The lowest BCUT2D eigenvalue weighted by atomic mass is 9.82. The molecule has 0 aliphatic heterocycles. The summed E-state index contributed by atoms with van der Waals surface area (Å²) in [6.45, 7) is 9.86. The summed E-state index contributed by atoms with van der Waals surface area (Å²) >= 11 is 0. The van der Waals surface area contributed by atoms with Gasteiger partial charge in [-0.25, -0.2) is 0 Å². The van der Waals surface area contributed by atoms with E-state index in [2.05, 4.69) is 13.0 Å². The van der Waals surface area contributed by atoms with Gasteiger partial charge in [0.2, 0.25) is 0 Å². The standard InChI is InChI=1S/C15H23NO2/c1-8(2)13(15(17)18)14(16)12-7-10(4)9(3)6-11(12)5/h6-8,13-14H,16H2,1-5H3,(H,17,18). The van der Waals surface area contributed by atoms with Crippen LogP contribution in [0, 0.1) is 32.6 Å². The molecular formula is C15H23NO2. The average molecular weight is 249 g/mol. The number of carbonyl (C=O) groups is 1. The van der Waals surface area contributed by atoms with Crippen LogP contribution in [0.4, 0.5) is 0 Å². The zero-order valence-electron chi connectivity index (χ0n) is 11.8. The summed E-state index contributed by atoms with van der Waals surface area (Å²) in [4.78, 5) is 11.3. The number of benzene rings is 1. The molecule has 0 saturated heterocycles. The third kappa shape index (κ3) is 2.91. The lowest BCUT2D eigenvalue weighted by Crippen LogP contribution is -2.32. The molecule has 18 heavy (non-hydrogen) atoms. The summed E-state index contributed by atoms with van der Waals surface area (Å²) < 4.78 is 0. The Morgan fingerprint density at radius 2 is 1.61 bits per heavy atom. The van der Waals surface area contributed by atoms with E-state index < -0.39 is 17.9 Å². The van der Waals surface area contributed by atoms with Crippen molar-refractivity contribution in [3.8, 4) is 0 Å². The summed E-state index contributed by atoms with van der Waals surface area (Å²) in [7, 11) is 0. The third-order valence-electron chi connectivity index (χ3n) is 3.63. The first-order chi connectivity index (χ1) is 8.25. The van der Waals surface area contributed by atoms with Gasteiger partial charge in [0, 0.05) is 6.04 Å². The molecule has 1 aromatic carbocycles. The predicted molar refractivity (Wildman–Crippen MR) is 73.5 cm³/mol. The Balaban J connectivity index is 3.20. The Bertz CT molecular complexity index is 452. The van der Waals surface area contributed by atoms with Crippen LogP contribution < -0.4 is 5.73 Å². The molecule has 3 heteroatoms. The molecule has 0 aliphatic rings. The normalized spacial score (nSPS) is 14.6. The van der Waals surface area contributed by atoms with Crippen molar-refractivity contribution >= 4 is 5.97 Å². The Morgan fingerprint density at radius 1 is 1.11 bits per heavy atom. The summed E-state index contributed by atoms with van der Waals surface area (Å²) in [5, 5.41) is 9.31. The van der Waals surface area contributed by atoms with Crippen LogP contribution in [0.3, 0.4) is 0 Å². The van der Waals surface area contributed by atoms with Crippen molar-refractivity contribution < 1.29 is 9.90 Å². The Hall–Kier alpha value is -1.35. The van der Waals surface area contributed by atoms with Crippen molar-refractivity contribution in [2.24, 2.45) is 17.6 Å². The summed E-state index contributed by atoms with van der Waals surface area (Å²) in [5.74, 6) is -1.36. The molecule has 3 nitrogen and oxygen atoms in total. The minimum Gasteiger partial charge on any atom is -0.481 e. The Morgan fingerprint density at radius 3 is 2.06 bits per heavy atom. The number of aryl methyl sites for hydroxylation is 3. The van der Waals surface area contributed by atoms with Gasteiger partial charge in [-0.05, 0) is 48.9 Å². The monoisotopic (exact) mass is 249 g/mol. The number of aliphatic carboxylic acids is 1. The highest BCUT2D eigenvalue weighted by Crippen LogP contribution is 2.29. The molecule has 0 amide bonds. The van der Waals surface area contributed by atoms with Crippen molar-refractivity contribution in [2.75, 3.05) is 0 Å². The quantitative estimate of drug-likeness (QED) is 0.862. The van der Waals surface area contributed by atoms with Gasteiger partial charge in [-0.3, -0.25) is 4.79 Å². The average Bonchev–Trinajstić information content (AvgIpc) is 2.22. The molecule has 0 saturated carbocycles. The zero-order valence-corrected chi connectivity index (χ0v) is 11.8. The first kappa shape index (κ1) is 14.7. The van der Waals surface area contributed by atoms with Crippen molar-refractivity contribution in [3.05, 3.63) is 34.4 Å². The second-order valence-electron chi connectivity index (χ2n) is 5.43. The molecule has 0 spiro atoms. The molecule has 0 radical (unpaired) electrons. The number of hydrogen-bond donors (Lipinski definition) is 2. The van der Waals surface area contributed by atoms with E-state index in [0.717, 1.165) is 16.7 Å². The largest absolute Gasteiger partial charge is 0.481 e. The van der Waals surface area contributed by atoms with Gasteiger partial charge >= 0.3 is 5.97 Å². The van der Waals surface area contributed by atoms with Gasteiger partial charge in [-0.1, -0.05) is 26.0 Å². The lowest BCUT2D eigenvalue weighted by Gasteiger charge is -2.25. The predicted octanol–water partition coefficient (Wildman–Crippen LogP) is 2.97. The summed E-state index contributed by atoms with van der Waals surface area (Å²) in [6, 6.07) is 3.64. The number of carboxylic acid groups (broad SMARTS) is 1. The fraction of sp³-hybridized carbons (Fsp3) is 0.533. The molecule has 100 valence electrons. The Labute approximate surface area is 109 Å². The number of nitrogens with two attached hydrogens (primary N) is 1. The smallest absolute Gasteiger partial charge is 0.308 e. The maximum Gasteiger partial charge on any atom is 0.308 e. The van der Waals surface area contributed by atoms with Crippen LogP contribution in [0.15, 0.2) is 12.1 Å². The molecule has 3 N–H and O–H groups in total. The van der Waals surface area contributed by atoms with Crippen LogP contribution in [0.2, 0.25) is 0 Å². The van der Waals surface area contributed by atoms with Gasteiger partial charge in [0.15, 0.2) is 0 Å². The van der Waals surface area contributed by atoms with Crippen molar-refractivity contribution in [2.45, 2.75) is 40.7 Å². The molecule has 0 bridgehead atoms. The van der Waals surface area contributed by atoms with Crippen LogP contribution in [0.25, 0.3) is 0 Å². The highest BCUT2D eigenvalue weighted by molar-refractivity contribution is 5.71. The van der Waals surface area contributed by atoms with Crippen LogP contribution >= 0.6 is 0 Å². The van der Waals surface area contributed by atoms with Crippen LogP contribution in [0.5, 0.6) is 0 Å². The van der Waals surface area contributed by atoms with E-state index in [1.807, 2.05) is 33.8 Å². The summed E-state index contributed by atoms with van der Waals surface area (Å²) in [6.07, 6.45) is 0. The van der Waals surface area contributed by atoms with Gasteiger partial charge in [0.25, 0.3) is 0 Å². The highest BCUT2D eigenvalue weighted by atomic mass is 16.4. The van der Waals surface area contributed by atoms with E-state index in [4.69, 9.17) is 5.73 Å². The SMILES string of the molecule is Cc1cc(C)c(C(N)C(C(=O)O)C(C)C)cc1C. The number of carboxylic acids is 1. The van der Waals surface area contributed by atoms with Crippen molar-refractivity contribution in [1.82, 2.24) is 0 Å². The second-order valence-corrected chi connectivity index (χ2v) is 5.43. The molecule has 0 aromatic heterocycles. The molecule has 2 atom stereocenters. The first-order valence-corrected chi connectivity index (χ1v) is 6.31. The van der Waals surface area contributed by atoms with Gasteiger partial charge in [0.1, 0.15) is 0 Å².